The molecular formula is C11H6BrClN2O3S. The van der Waals surface area contributed by atoms with E-state index in [0.717, 1.165) is 3.79 Å². The van der Waals surface area contributed by atoms with Gasteiger partial charge in [-0.1, -0.05) is 11.6 Å². The predicted molar refractivity (Wildman–Crippen MR) is 78.1 cm³/mol. The van der Waals surface area contributed by atoms with Gasteiger partial charge >= 0.3 is 0 Å². The number of rotatable bonds is 3. The third-order valence-corrected chi connectivity index (χ3v) is 4.04. The van der Waals surface area contributed by atoms with Crippen molar-refractivity contribution < 1.29 is 9.72 Å². The first kappa shape index (κ1) is 14.0. The molecule has 0 aliphatic carbocycles. The molecule has 1 aromatic heterocycles. The lowest BCUT2D eigenvalue weighted by Gasteiger charge is -2.04. The Kier molecular flexibility index (Phi) is 4.18. The second kappa shape index (κ2) is 5.68. The third kappa shape index (κ3) is 3.31. The number of amides is 1. The van der Waals surface area contributed by atoms with Crippen LogP contribution in [0.4, 0.5) is 11.4 Å². The Hall–Kier alpha value is -1.44. The summed E-state index contributed by atoms with van der Waals surface area (Å²) in [6.07, 6.45) is 0. The van der Waals surface area contributed by atoms with Crippen LogP contribution in [0.1, 0.15) is 10.4 Å². The van der Waals surface area contributed by atoms with Crippen LogP contribution in [-0.2, 0) is 0 Å². The number of carbonyl (C=O) groups excluding carboxylic acids is 1. The molecule has 98 valence electrons. The van der Waals surface area contributed by atoms with E-state index in [0.29, 0.717) is 11.3 Å². The van der Waals surface area contributed by atoms with E-state index in [2.05, 4.69) is 21.2 Å². The molecule has 0 spiro atoms. The van der Waals surface area contributed by atoms with Crippen molar-refractivity contribution in [2.45, 2.75) is 0 Å². The lowest BCUT2D eigenvalue weighted by molar-refractivity contribution is -0.384. The van der Waals surface area contributed by atoms with Crippen molar-refractivity contribution in [1.82, 2.24) is 0 Å². The second-order valence-corrected chi connectivity index (χ2v) is 6.21. The minimum atomic E-state index is -0.579. The SMILES string of the molecule is O=C(Nc1ccc([N+](=O)[O-])c(Cl)c1)c1csc(Br)c1. The van der Waals surface area contributed by atoms with Gasteiger partial charge in [0.2, 0.25) is 0 Å². The van der Waals surface area contributed by atoms with E-state index in [1.54, 1.807) is 11.4 Å². The van der Waals surface area contributed by atoms with Crippen LogP contribution in [0.3, 0.4) is 0 Å². The maximum absolute atomic E-state index is 11.9. The number of nitro groups is 1. The van der Waals surface area contributed by atoms with Gasteiger partial charge in [-0.25, -0.2) is 0 Å². The fourth-order valence-electron chi connectivity index (χ4n) is 1.37. The average molecular weight is 362 g/mol. The van der Waals surface area contributed by atoms with Gasteiger partial charge in [-0.2, -0.15) is 0 Å². The van der Waals surface area contributed by atoms with Crippen molar-refractivity contribution in [3.63, 3.8) is 0 Å². The molecule has 2 aromatic rings. The van der Waals surface area contributed by atoms with E-state index in [1.165, 1.54) is 29.5 Å². The number of thiophene rings is 1. The summed E-state index contributed by atoms with van der Waals surface area (Å²) in [6, 6.07) is 5.72. The first-order chi connectivity index (χ1) is 8.97. The van der Waals surface area contributed by atoms with E-state index >= 15 is 0 Å². The summed E-state index contributed by atoms with van der Waals surface area (Å²) in [5, 5.41) is 14.9. The highest BCUT2D eigenvalue weighted by molar-refractivity contribution is 9.11. The lowest BCUT2D eigenvalue weighted by atomic mass is 10.2. The highest BCUT2D eigenvalue weighted by Crippen LogP contribution is 2.28. The summed E-state index contributed by atoms with van der Waals surface area (Å²) in [5.74, 6) is -0.299. The van der Waals surface area contributed by atoms with Gasteiger partial charge in [0.1, 0.15) is 5.02 Å². The molecule has 1 heterocycles. The van der Waals surface area contributed by atoms with Crippen LogP contribution in [0.5, 0.6) is 0 Å². The largest absolute Gasteiger partial charge is 0.322 e. The smallest absolute Gasteiger partial charge is 0.288 e. The van der Waals surface area contributed by atoms with Crippen molar-refractivity contribution in [1.29, 1.82) is 0 Å². The summed E-state index contributed by atoms with van der Waals surface area (Å²) in [4.78, 5) is 21.9. The number of benzene rings is 1. The fraction of sp³-hybridized carbons (Fsp3) is 0. The van der Waals surface area contributed by atoms with Gasteiger partial charge in [-0.15, -0.1) is 11.3 Å². The molecule has 0 unspecified atom stereocenters. The zero-order valence-electron chi connectivity index (χ0n) is 9.22. The highest BCUT2D eigenvalue weighted by Gasteiger charge is 2.14. The predicted octanol–water partition coefficient (Wildman–Crippen LogP) is 4.32. The molecule has 19 heavy (non-hydrogen) atoms. The standard InChI is InChI=1S/C11H6BrClN2O3S/c12-10-3-6(5-19-10)11(16)14-7-1-2-9(15(17)18)8(13)4-7/h1-5H,(H,14,16). The minimum absolute atomic E-state index is 0.0192. The number of halogens is 2. The number of nitrogens with zero attached hydrogens (tertiary/aromatic N) is 1. The number of nitrogens with one attached hydrogen (secondary N) is 1. The number of nitro benzene ring substituents is 1. The summed E-state index contributed by atoms with van der Waals surface area (Å²) < 4.78 is 0.847. The van der Waals surface area contributed by atoms with E-state index in [4.69, 9.17) is 11.6 Å². The van der Waals surface area contributed by atoms with Gasteiger partial charge in [0.15, 0.2) is 0 Å². The van der Waals surface area contributed by atoms with Crippen LogP contribution in [0.25, 0.3) is 0 Å². The molecule has 0 atom stereocenters. The van der Waals surface area contributed by atoms with Crippen LogP contribution < -0.4 is 5.32 Å². The Labute approximate surface area is 125 Å². The number of carbonyl (C=O) groups is 1. The van der Waals surface area contributed by atoms with Gasteiger partial charge < -0.3 is 5.32 Å². The van der Waals surface area contributed by atoms with Crippen LogP contribution in [0.2, 0.25) is 5.02 Å². The van der Waals surface area contributed by atoms with Crippen molar-refractivity contribution in [3.05, 3.63) is 54.1 Å². The minimum Gasteiger partial charge on any atom is -0.322 e. The molecule has 0 saturated heterocycles. The number of anilines is 1. The summed E-state index contributed by atoms with van der Waals surface area (Å²) >= 11 is 10.4. The Bertz CT molecular complexity index is 659. The van der Waals surface area contributed by atoms with Crippen molar-refractivity contribution in [2.24, 2.45) is 0 Å². The first-order valence-electron chi connectivity index (χ1n) is 4.96. The summed E-state index contributed by atoms with van der Waals surface area (Å²) in [7, 11) is 0. The molecule has 1 amide bonds. The molecule has 0 radical (unpaired) electrons. The van der Waals surface area contributed by atoms with Crippen molar-refractivity contribution in [3.8, 4) is 0 Å². The zero-order valence-corrected chi connectivity index (χ0v) is 12.4. The van der Waals surface area contributed by atoms with Crippen molar-refractivity contribution in [2.75, 3.05) is 5.32 Å². The van der Waals surface area contributed by atoms with Gasteiger partial charge in [0.05, 0.1) is 14.3 Å². The molecule has 8 heteroatoms. The Morgan fingerprint density at radius 2 is 2.16 bits per heavy atom. The molecule has 0 aliphatic heterocycles. The van der Waals surface area contributed by atoms with Gasteiger partial charge in [0, 0.05) is 17.1 Å². The topological polar surface area (TPSA) is 72.2 Å². The molecule has 5 nitrogen and oxygen atoms in total. The van der Waals surface area contributed by atoms with E-state index in [9.17, 15) is 14.9 Å². The summed E-state index contributed by atoms with van der Waals surface area (Å²) in [6.45, 7) is 0. The average Bonchev–Trinajstić information content (AvgIpc) is 2.75. The maximum atomic E-state index is 11.9. The van der Waals surface area contributed by atoms with Gasteiger partial charge in [0.25, 0.3) is 11.6 Å². The highest BCUT2D eigenvalue weighted by atomic mass is 79.9. The summed E-state index contributed by atoms with van der Waals surface area (Å²) in [5.41, 5.74) is 0.715. The van der Waals surface area contributed by atoms with E-state index in [-0.39, 0.29) is 16.6 Å². The molecule has 1 aromatic carbocycles. The van der Waals surface area contributed by atoms with Crippen molar-refractivity contribution >= 4 is 56.1 Å². The molecular weight excluding hydrogens is 356 g/mol. The second-order valence-electron chi connectivity index (χ2n) is 3.52. The number of hydrogen-bond donors (Lipinski definition) is 1. The molecule has 1 N–H and O–H groups in total. The van der Waals surface area contributed by atoms with Crippen LogP contribution in [0.15, 0.2) is 33.4 Å². The lowest BCUT2D eigenvalue weighted by Crippen LogP contribution is -2.10. The Morgan fingerprint density at radius 3 is 2.68 bits per heavy atom. The van der Waals surface area contributed by atoms with Crippen LogP contribution in [0, 0.1) is 10.1 Å². The molecule has 0 aliphatic rings. The van der Waals surface area contributed by atoms with Gasteiger partial charge in [-0.3, -0.25) is 14.9 Å². The van der Waals surface area contributed by atoms with E-state index < -0.39 is 4.92 Å². The van der Waals surface area contributed by atoms with Crippen LogP contribution in [-0.4, -0.2) is 10.8 Å². The maximum Gasteiger partial charge on any atom is 0.288 e. The Morgan fingerprint density at radius 1 is 1.42 bits per heavy atom. The fourth-order valence-corrected chi connectivity index (χ4v) is 2.75. The Balaban J connectivity index is 2.18. The first-order valence-corrected chi connectivity index (χ1v) is 7.02. The molecule has 0 fully saturated rings. The molecule has 2 rings (SSSR count). The van der Waals surface area contributed by atoms with E-state index in [1.807, 2.05) is 0 Å². The number of hydrogen-bond acceptors (Lipinski definition) is 4. The van der Waals surface area contributed by atoms with Crippen LogP contribution >= 0.6 is 38.9 Å². The molecule has 0 bridgehead atoms. The quantitative estimate of drug-likeness (QED) is 0.653. The monoisotopic (exact) mass is 360 g/mol. The molecule has 0 saturated carbocycles. The zero-order chi connectivity index (χ0) is 14.0. The van der Waals surface area contributed by atoms with Gasteiger partial charge in [-0.05, 0) is 34.1 Å². The third-order valence-electron chi connectivity index (χ3n) is 2.23. The normalized spacial score (nSPS) is 10.2.